The number of nitrogens with two attached hydrogens (primary N) is 1. The Kier molecular flexibility index (Phi) is 6.58. The van der Waals surface area contributed by atoms with Crippen LogP contribution >= 0.6 is 11.8 Å². The number of benzene rings is 3. The van der Waals surface area contributed by atoms with Crippen LogP contribution in [0.5, 0.6) is 0 Å². The minimum absolute atomic E-state index is 0.415. The largest absolute Gasteiger partial charge is 0.464 e. The minimum atomic E-state index is 0.415. The van der Waals surface area contributed by atoms with E-state index in [0.717, 1.165) is 33.3 Å². The topological polar surface area (TPSA) is 95.9 Å². The Labute approximate surface area is 240 Å². The van der Waals surface area contributed by atoms with Gasteiger partial charge < -0.3 is 14.6 Å². The summed E-state index contributed by atoms with van der Waals surface area (Å²) in [6.45, 7) is 0.560. The molecular formula is C33H25N5O2S. The number of furan rings is 2. The first kappa shape index (κ1) is 24.9. The normalized spacial score (nSPS) is 11.3. The molecule has 0 unspecified atom stereocenters. The van der Waals surface area contributed by atoms with Gasteiger partial charge in [0.15, 0.2) is 10.9 Å². The maximum atomic E-state index is 6.84. The van der Waals surface area contributed by atoms with Crippen LogP contribution in [0.1, 0.15) is 11.1 Å². The van der Waals surface area contributed by atoms with E-state index in [1.165, 1.54) is 5.56 Å². The van der Waals surface area contributed by atoms with Crippen molar-refractivity contribution < 1.29 is 8.83 Å². The molecule has 8 heteroatoms. The van der Waals surface area contributed by atoms with Crippen molar-refractivity contribution in [3.8, 4) is 34.2 Å². The summed E-state index contributed by atoms with van der Waals surface area (Å²) in [5.74, 6) is 2.42. The molecule has 0 atom stereocenters. The van der Waals surface area contributed by atoms with Gasteiger partial charge in [-0.15, -0.1) is 10.2 Å². The van der Waals surface area contributed by atoms with E-state index in [1.807, 2.05) is 84.9 Å². The van der Waals surface area contributed by atoms with Crippen LogP contribution in [0.2, 0.25) is 0 Å². The zero-order valence-corrected chi connectivity index (χ0v) is 22.8. The van der Waals surface area contributed by atoms with Crippen LogP contribution in [0.3, 0.4) is 0 Å². The Morgan fingerprint density at radius 3 is 2.20 bits per heavy atom. The number of anilines is 1. The summed E-state index contributed by atoms with van der Waals surface area (Å²) in [5, 5.41) is 10.6. The van der Waals surface area contributed by atoms with Gasteiger partial charge in [-0.3, -0.25) is 4.57 Å². The zero-order chi connectivity index (χ0) is 27.6. The van der Waals surface area contributed by atoms with E-state index in [2.05, 4.69) is 39.0 Å². The molecule has 0 radical (unpaired) electrons. The molecular weight excluding hydrogens is 530 g/mol. The van der Waals surface area contributed by atoms with Crippen LogP contribution in [0, 0.1) is 0 Å². The van der Waals surface area contributed by atoms with Gasteiger partial charge in [-0.25, -0.2) is 4.98 Å². The van der Waals surface area contributed by atoms with E-state index in [4.69, 9.17) is 19.6 Å². The summed E-state index contributed by atoms with van der Waals surface area (Å²) in [5.41, 5.74) is 12.5. The summed E-state index contributed by atoms with van der Waals surface area (Å²) in [7, 11) is 0. The highest BCUT2D eigenvalue weighted by molar-refractivity contribution is 7.98. The summed E-state index contributed by atoms with van der Waals surface area (Å²) in [4.78, 5) is 4.87. The van der Waals surface area contributed by atoms with Crippen molar-refractivity contribution in [3.05, 3.63) is 127 Å². The number of hydrogen-bond acceptors (Lipinski definition) is 7. The summed E-state index contributed by atoms with van der Waals surface area (Å²) in [6.07, 6.45) is 1.65. The molecule has 7 aromatic rings. The molecule has 2 N–H and O–H groups in total. The van der Waals surface area contributed by atoms with Gasteiger partial charge >= 0.3 is 0 Å². The Morgan fingerprint density at radius 1 is 0.780 bits per heavy atom. The molecule has 0 saturated carbocycles. The third-order valence-electron chi connectivity index (χ3n) is 6.87. The second-order valence-electron chi connectivity index (χ2n) is 9.58. The molecule has 0 aliphatic rings. The fourth-order valence-corrected chi connectivity index (χ4v) is 5.76. The molecule has 4 heterocycles. The van der Waals surface area contributed by atoms with Crippen molar-refractivity contribution in [2.75, 3.05) is 5.73 Å². The van der Waals surface area contributed by atoms with E-state index in [9.17, 15) is 0 Å². The van der Waals surface area contributed by atoms with Gasteiger partial charge in [0, 0.05) is 16.9 Å². The van der Waals surface area contributed by atoms with E-state index in [0.29, 0.717) is 40.7 Å². The average Bonchev–Trinajstić information content (AvgIpc) is 3.77. The SMILES string of the molecule is Nc1c(-c2nnc(SCc3ccccc3)n2Cc2ccccc2)oc2nc(-c3ccccc3)cc(-c3ccco3)c12. The second-order valence-corrected chi connectivity index (χ2v) is 10.5. The van der Waals surface area contributed by atoms with Crippen molar-refractivity contribution in [1.29, 1.82) is 0 Å². The third kappa shape index (κ3) is 4.90. The number of fused-ring (bicyclic) bond motifs is 1. The minimum Gasteiger partial charge on any atom is -0.464 e. The van der Waals surface area contributed by atoms with Crippen molar-refractivity contribution in [2.45, 2.75) is 17.5 Å². The van der Waals surface area contributed by atoms with Gasteiger partial charge in [0.1, 0.15) is 5.76 Å². The number of nitrogen functional groups attached to an aromatic ring is 1. The van der Waals surface area contributed by atoms with Gasteiger partial charge in [-0.05, 0) is 29.3 Å². The molecule has 0 bridgehead atoms. The van der Waals surface area contributed by atoms with E-state index in [1.54, 1.807) is 18.0 Å². The predicted octanol–water partition coefficient (Wildman–Crippen LogP) is 7.94. The van der Waals surface area contributed by atoms with Crippen LogP contribution in [0.15, 0.2) is 129 Å². The molecule has 3 aromatic carbocycles. The number of pyridine rings is 1. The van der Waals surface area contributed by atoms with Gasteiger partial charge in [-0.2, -0.15) is 0 Å². The zero-order valence-electron chi connectivity index (χ0n) is 22.0. The Morgan fingerprint density at radius 2 is 1.49 bits per heavy atom. The lowest BCUT2D eigenvalue weighted by Gasteiger charge is -2.10. The molecule has 0 amide bonds. The Balaban J connectivity index is 1.37. The average molecular weight is 556 g/mol. The molecule has 0 spiro atoms. The molecule has 0 saturated heterocycles. The second kappa shape index (κ2) is 10.8. The maximum Gasteiger partial charge on any atom is 0.230 e. The first-order chi connectivity index (χ1) is 20.2. The van der Waals surface area contributed by atoms with Crippen LogP contribution in [0.4, 0.5) is 5.69 Å². The van der Waals surface area contributed by atoms with Crippen LogP contribution in [0.25, 0.3) is 45.3 Å². The van der Waals surface area contributed by atoms with Crippen LogP contribution in [-0.2, 0) is 12.3 Å². The Hall–Kier alpha value is -5.08. The number of aromatic nitrogens is 4. The van der Waals surface area contributed by atoms with Gasteiger partial charge in [0.25, 0.3) is 0 Å². The standard InChI is InChI=1S/C33H25N5O2S/c34-29-28-25(27-17-10-18-39-27)19-26(24-15-8-3-9-16-24)35-32(28)40-30(29)31-36-37-33(41-21-23-13-6-2-7-14-23)38(31)20-22-11-4-1-5-12-22/h1-19H,20-21,34H2. The molecule has 0 aliphatic carbocycles. The van der Waals surface area contributed by atoms with Gasteiger partial charge in [0.2, 0.25) is 11.5 Å². The molecule has 41 heavy (non-hydrogen) atoms. The quantitative estimate of drug-likeness (QED) is 0.190. The fourth-order valence-electron chi connectivity index (χ4n) is 4.86. The van der Waals surface area contributed by atoms with E-state index >= 15 is 0 Å². The van der Waals surface area contributed by atoms with Crippen molar-refractivity contribution >= 4 is 28.5 Å². The highest BCUT2D eigenvalue weighted by atomic mass is 32.2. The van der Waals surface area contributed by atoms with Crippen molar-refractivity contribution in [1.82, 2.24) is 19.7 Å². The summed E-state index contributed by atoms with van der Waals surface area (Å²) >= 11 is 1.62. The van der Waals surface area contributed by atoms with Crippen molar-refractivity contribution in [2.24, 2.45) is 0 Å². The molecule has 4 aromatic heterocycles. The lowest BCUT2D eigenvalue weighted by Crippen LogP contribution is -2.04. The summed E-state index contributed by atoms with van der Waals surface area (Å²) < 4.78 is 14.3. The molecule has 0 fully saturated rings. The maximum absolute atomic E-state index is 6.84. The molecule has 200 valence electrons. The fraction of sp³-hybridized carbons (Fsp3) is 0.0606. The van der Waals surface area contributed by atoms with Gasteiger partial charge in [-0.1, -0.05) is 103 Å². The van der Waals surface area contributed by atoms with E-state index in [-0.39, 0.29) is 0 Å². The smallest absolute Gasteiger partial charge is 0.230 e. The monoisotopic (exact) mass is 555 g/mol. The lowest BCUT2D eigenvalue weighted by molar-refractivity contribution is 0.582. The third-order valence-corrected chi connectivity index (χ3v) is 7.91. The van der Waals surface area contributed by atoms with Crippen LogP contribution in [-0.4, -0.2) is 19.7 Å². The van der Waals surface area contributed by atoms with Crippen LogP contribution < -0.4 is 5.73 Å². The number of thioether (sulfide) groups is 1. The first-order valence-electron chi connectivity index (χ1n) is 13.2. The van der Waals surface area contributed by atoms with Crippen molar-refractivity contribution in [3.63, 3.8) is 0 Å². The highest BCUT2D eigenvalue weighted by Gasteiger charge is 2.26. The summed E-state index contributed by atoms with van der Waals surface area (Å²) in [6, 6.07) is 36.3. The van der Waals surface area contributed by atoms with Gasteiger partial charge in [0.05, 0.1) is 29.6 Å². The number of rotatable bonds is 8. The highest BCUT2D eigenvalue weighted by Crippen LogP contribution is 2.42. The predicted molar refractivity (Wildman–Crippen MR) is 162 cm³/mol. The van der Waals surface area contributed by atoms with E-state index < -0.39 is 0 Å². The lowest BCUT2D eigenvalue weighted by atomic mass is 10.0. The number of hydrogen-bond donors (Lipinski definition) is 1. The first-order valence-corrected chi connectivity index (χ1v) is 14.2. The Bertz CT molecular complexity index is 1920. The molecule has 7 nitrogen and oxygen atoms in total. The molecule has 0 aliphatic heterocycles. The molecule has 7 rings (SSSR count). The number of nitrogens with zero attached hydrogens (tertiary/aromatic N) is 4.